The van der Waals surface area contributed by atoms with Crippen molar-refractivity contribution in [3.8, 4) is 0 Å². The van der Waals surface area contributed by atoms with Gasteiger partial charge >= 0.3 is 11.9 Å². The highest BCUT2D eigenvalue weighted by molar-refractivity contribution is 5.78. The van der Waals surface area contributed by atoms with Crippen LogP contribution in [0.25, 0.3) is 0 Å². The SMILES string of the molecule is CC(=O)N[C@H]1[C@H](OC[C@H]2O[C@H](O)[C@@H](O[C@@H]3O[C@H](CO)[C@@H](O[C@@H]4O[C@H](CO)[C@H](O)[C@H](O[C@]5(C(=O)O)C[C@H](O)[C@@H](NC(C)=O)[C@H]([C@H](O)[C@H](O)CO)O5)[C@H]4NC(C)=O)[C@H](O)[C@H]3NC(C)=O)[C@@H](O)[C@@H]2O)O[C@H](CO)[C@@H](O[C@@H]2O[C@H](CO)[C@H](O)[C@H](O[C@]3(C(=O)O)C[C@H](O)[C@@H](NC(C)=O)[C@H]([C@H](O)[C@H](O)CO)O3)[C@H]2NC(C)=O)[C@@H]1O. The fourth-order valence-electron chi connectivity index (χ4n) is 13.7. The fourth-order valence-corrected chi connectivity index (χ4v) is 13.7. The maximum Gasteiger partial charge on any atom is 0.364 e. The minimum atomic E-state index is -3.24. The lowest BCUT2D eigenvalue weighted by atomic mass is 9.88. The smallest absolute Gasteiger partial charge is 0.364 e. The number of amides is 6. The first-order valence-corrected chi connectivity index (χ1v) is 33.8. The Labute approximate surface area is 611 Å². The molecule has 48 nitrogen and oxygen atoms in total. The Morgan fingerprint density at radius 3 is 1.04 bits per heavy atom. The van der Waals surface area contributed by atoms with Crippen molar-refractivity contribution >= 4 is 47.4 Å². The number of hydrogen-bond donors (Lipinski definition) is 27. The quantitative estimate of drug-likeness (QED) is 0.0306. The number of ether oxygens (including phenoxy) is 13. The molecule has 0 spiro atoms. The summed E-state index contributed by atoms with van der Waals surface area (Å²) in [6, 6.07) is -11.2. The predicted octanol–water partition coefficient (Wildman–Crippen LogP) is -17.0. The Morgan fingerprint density at radius 2 is 0.694 bits per heavy atom. The van der Waals surface area contributed by atoms with Crippen LogP contribution in [0.5, 0.6) is 0 Å². The molecule has 7 aliphatic rings. The van der Waals surface area contributed by atoms with Crippen LogP contribution in [-0.4, -0.2) is 427 Å². The summed E-state index contributed by atoms with van der Waals surface area (Å²) in [4.78, 5) is 103. The molecule has 6 amide bonds. The van der Waals surface area contributed by atoms with Crippen molar-refractivity contribution < 1.29 is 207 Å². The standard InChI is InChI=1S/C60H98N6O42/c1-16(73)61-31-22(79)7-59(57(92)93,105-47(31)37(83)24(81)9-67)107-49-35(65-20(5)77)55(98-26(11-69)40(49)86)102-45-28(13-71)100-53(33(42(45)88)63-18(3)75)96-15-30-39(85)44(90)51(52(91)97-30)104-54-34(64-19(4)76)43(89)46(29(14-72)101-54)103-56-36(66-21(6)78)50(41(87)27(12-70)99-56)108-60(58(94)95)8-23(80)32(62-17(2)74)48(106-60)38(84)25(82)10-68/h22-56,67-72,79-91H,7-15H2,1-6H3,(H,61,73)(H,62,74)(H,63,75)(H,64,76)(H,65,77)(H,66,78)(H,92,93)(H,94,95)/t22-,23-,24+,25+,26+,27+,28+,29+,30+,31+,32+,33+,34+,35+,36+,37+,38+,39+,40-,41-,42+,43+,44-,45+,46+,47+,48+,49+,50+,51-,52-,53+,54-,55-,56-,59-,60-/m0/s1. The molecule has 7 aliphatic heterocycles. The minimum Gasteiger partial charge on any atom is -0.477 e. The summed E-state index contributed by atoms with van der Waals surface area (Å²) in [5, 5.41) is 245. The third-order valence-corrected chi connectivity index (χ3v) is 18.9. The molecule has 0 bridgehead atoms. The molecule has 7 heterocycles. The van der Waals surface area contributed by atoms with Gasteiger partial charge in [-0.1, -0.05) is 0 Å². The molecule has 7 rings (SSSR count). The molecule has 27 N–H and O–H groups in total. The van der Waals surface area contributed by atoms with E-state index in [1.54, 1.807) is 0 Å². The van der Waals surface area contributed by atoms with Crippen LogP contribution in [-0.2, 0) is 99.9 Å². The largest absolute Gasteiger partial charge is 0.477 e. The number of rotatable bonds is 31. The van der Waals surface area contributed by atoms with Crippen LogP contribution in [0.4, 0.5) is 0 Å². The van der Waals surface area contributed by atoms with Gasteiger partial charge in [0.2, 0.25) is 35.4 Å². The maximum atomic E-state index is 13.3. The van der Waals surface area contributed by atoms with E-state index in [0.29, 0.717) is 0 Å². The molecule has 620 valence electrons. The molecule has 108 heavy (non-hydrogen) atoms. The van der Waals surface area contributed by atoms with Gasteiger partial charge in [-0.15, -0.1) is 0 Å². The zero-order chi connectivity index (χ0) is 80.6. The van der Waals surface area contributed by atoms with Gasteiger partial charge in [0.15, 0.2) is 31.5 Å². The second-order valence-electron chi connectivity index (χ2n) is 26.9. The van der Waals surface area contributed by atoms with Crippen LogP contribution in [0.1, 0.15) is 54.4 Å². The molecule has 0 saturated carbocycles. The van der Waals surface area contributed by atoms with Gasteiger partial charge in [-0.25, -0.2) is 9.59 Å². The highest BCUT2D eigenvalue weighted by Gasteiger charge is 2.64. The Hall–Kier alpha value is -5.52. The highest BCUT2D eigenvalue weighted by Crippen LogP contribution is 2.42. The molecular weight excluding hydrogens is 1480 g/mol. The van der Waals surface area contributed by atoms with Crippen LogP contribution >= 0.6 is 0 Å². The second-order valence-corrected chi connectivity index (χ2v) is 26.9. The van der Waals surface area contributed by atoms with E-state index in [-0.39, 0.29) is 0 Å². The number of carbonyl (C=O) groups excluding carboxylic acids is 6. The zero-order valence-electron chi connectivity index (χ0n) is 58.5. The van der Waals surface area contributed by atoms with E-state index in [2.05, 4.69) is 31.9 Å². The van der Waals surface area contributed by atoms with E-state index >= 15 is 0 Å². The summed E-state index contributed by atoms with van der Waals surface area (Å²) in [5.41, 5.74) is 0. The van der Waals surface area contributed by atoms with Gasteiger partial charge in [0.25, 0.3) is 11.6 Å². The number of carboxylic acid groups (broad SMARTS) is 2. The molecular formula is C60H98N6O42. The Balaban J connectivity index is 1.08. The van der Waals surface area contributed by atoms with Crippen LogP contribution in [0.3, 0.4) is 0 Å². The van der Waals surface area contributed by atoms with Crippen LogP contribution in [0.2, 0.25) is 0 Å². The zero-order valence-corrected chi connectivity index (χ0v) is 58.5. The van der Waals surface area contributed by atoms with Crippen molar-refractivity contribution in [2.24, 2.45) is 0 Å². The van der Waals surface area contributed by atoms with Crippen LogP contribution in [0.15, 0.2) is 0 Å². The highest BCUT2D eigenvalue weighted by atomic mass is 16.8. The summed E-state index contributed by atoms with van der Waals surface area (Å²) < 4.78 is 76.4. The molecule has 0 aromatic heterocycles. The summed E-state index contributed by atoms with van der Waals surface area (Å²) in [6.07, 6.45) is -63.5. The Morgan fingerprint density at radius 1 is 0.380 bits per heavy atom. The summed E-state index contributed by atoms with van der Waals surface area (Å²) in [7, 11) is 0. The Kier molecular flexibility index (Phi) is 31.8. The average Bonchev–Trinajstić information content (AvgIpc) is 0.755. The van der Waals surface area contributed by atoms with Crippen LogP contribution < -0.4 is 31.9 Å². The first kappa shape index (κ1) is 89.7. The second kappa shape index (κ2) is 38.3. The van der Waals surface area contributed by atoms with Crippen molar-refractivity contribution in [3.05, 3.63) is 0 Å². The molecule has 0 aromatic carbocycles. The molecule has 0 unspecified atom stereocenters. The lowest BCUT2D eigenvalue weighted by molar-refractivity contribution is -0.377. The fraction of sp³-hybridized carbons (Fsp3) is 0.867. The molecule has 7 saturated heterocycles. The van der Waals surface area contributed by atoms with Gasteiger partial charge in [-0.2, -0.15) is 0 Å². The van der Waals surface area contributed by atoms with E-state index in [1.165, 1.54) is 0 Å². The first-order valence-electron chi connectivity index (χ1n) is 33.8. The van der Waals surface area contributed by atoms with E-state index in [1.807, 2.05) is 0 Å². The van der Waals surface area contributed by atoms with Crippen molar-refractivity contribution in [2.75, 3.05) is 46.2 Å². The van der Waals surface area contributed by atoms with Gasteiger partial charge < -0.3 is 201 Å². The topological polar surface area (TPSA) is 754 Å². The lowest BCUT2D eigenvalue weighted by Gasteiger charge is -2.52. The molecule has 0 aliphatic carbocycles. The molecule has 37 atom stereocenters. The van der Waals surface area contributed by atoms with E-state index in [4.69, 9.17) is 61.6 Å². The number of carbonyl (C=O) groups is 8. The van der Waals surface area contributed by atoms with Gasteiger partial charge in [0, 0.05) is 54.4 Å². The van der Waals surface area contributed by atoms with E-state index in [9.17, 15) is 146 Å². The minimum absolute atomic E-state index is 0.849. The first-order chi connectivity index (χ1) is 50.7. The predicted molar refractivity (Wildman–Crippen MR) is 336 cm³/mol. The monoisotopic (exact) mass is 1570 g/mol. The Bertz CT molecular complexity index is 3030. The molecule has 48 heteroatoms. The average molecular weight is 1580 g/mol. The molecule has 0 aromatic rings. The van der Waals surface area contributed by atoms with Crippen LogP contribution in [0, 0.1) is 0 Å². The van der Waals surface area contributed by atoms with Gasteiger partial charge in [-0.3, -0.25) is 28.8 Å². The number of aliphatic hydroxyl groups is 19. The number of aliphatic hydroxyl groups excluding tert-OH is 19. The maximum absolute atomic E-state index is 13.3. The van der Waals surface area contributed by atoms with Crippen molar-refractivity contribution in [3.63, 3.8) is 0 Å². The van der Waals surface area contributed by atoms with Crippen molar-refractivity contribution in [1.82, 2.24) is 31.9 Å². The molecule has 7 fully saturated rings. The molecule has 0 radical (unpaired) electrons. The number of carboxylic acids is 2. The third-order valence-electron chi connectivity index (χ3n) is 18.9. The van der Waals surface area contributed by atoms with Gasteiger partial charge in [0.05, 0.1) is 70.5 Å². The van der Waals surface area contributed by atoms with Crippen molar-refractivity contribution in [2.45, 2.75) is 280 Å². The number of nitrogens with one attached hydrogen (secondary N) is 6. The lowest BCUT2D eigenvalue weighted by Crippen LogP contribution is -2.73. The summed E-state index contributed by atoms with van der Waals surface area (Å²) in [5.74, 6) is -16.2. The van der Waals surface area contributed by atoms with E-state index in [0.717, 1.165) is 41.5 Å². The number of hydrogen-bond acceptors (Lipinski definition) is 40. The van der Waals surface area contributed by atoms with Gasteiger partial charge in [0.1, 0.15) is 158 Å². The normalized spacial score (nSPS) is 42.7. The van der Waals surface area contributed by atoms with E-state index < -0.39 is 332 Å². The number of aliphatic carboxylic acids is 2. The summed E-state index contributed by atoms with van der Waals surface area (Å²) >= 11 is 0. The third kappa shape index (κ3) is 20.3. The summed E-state index contributed by atoms with van der Waals surface area (Å²) in [6.45, 7) is -2.31. The van der Waals surface area contributed by atoms with Crippen molar-refractivity contribution in [1.29, 1.82) is 0 Å². The van der Waals surface area contributed by atoms with Gasteiger partial charge in [-0.05, 0) is 0 Å².